The molecular weight excluding hydrogens is 238 g/mol. The van der Waals surface area contributed by atoms with Crippen molar-refractivity contribution in [2.75, 3.05) is 13.2 Å². The van der Waals surface area contributed by atoms with Crippen LogP contribution in [0.25, 0.3) is 0 Å². The minimum absolute atomic E-state index is 0.163. The van der Waals surface area contributed by atoms with E-state index in [-0.39, 0.29) is 19.1 Å². The Hall–Kier alpha value is -1.34. The fraction of sp³-hybridized carbons (Fsp3) is 0.818. The molecule has 0 fully saturated rings. The molecule has 7 heteroatoms. The summed E-state index contributed by atoms with van der Waals surface area (Å²) in [7, 11) is 0. The van der Waals surface area contributed by atoms with Crippen LogP contribution in [0.5, 0.6) is 0 Å². The molecule has 1 atom stereocenters. The van der Waals surface area contributed by atoms with Gasteiger partial charge in [-0.25, -0.2) is 4.79 Å². The lowest BCUT2D eigenvalue weighted by Gasteiger charge is -2.32. The van der Waals surface area contributed by atoms with Crippen molar-refractivity contribution in [3.05, 3.63) is 0 Å². The molecule has 18 heavy (non-hydrogen) atoms. The highest BCUT2D eigenvalue weighted by Gasteiger charge is 2.33. The topological polar surface area (TPSA) is 125 Å². The van der Waals surface area contributed by atoms with Crippen LogP contribution < -0.4 is 16.4 Å². The smallest absolute Gasteiger partial charge is 0.312 e. The summed E-state index contributed by atoms with van der Waals surface area (Å²) in [6, 6.07) is -1.59. The zero-order chi connectivity index (χ0) is 14.3. The molecule has 0 aliphatic rings. The van der Waals surface area contributed by atoms with Gasteiger partial charge in [-0.3, -0.25) is 4.79 Å². The Kier molecular flexibility index (Phi) is 6.64. The van der Waals surface area contributed by atoms with E-state index in [9.17, 15) is 19.8 Å². The van der Waals surface area contributed by atoms with Crippen molar-refractivity contribution < 1.29 is 19.8 Å². The average molecular weight is 261 g/mol. The lowest BCUT2D eigenvalue weighted by molar-refractivity contribution is -0.127. The predicted molar refractivity (Wildman–Crippen MR) is 66.7 cm³/mol. The summed E-state index contributed by atoms with van der Waals surface area (Å²) in [4.78, 5) is 22.8. The van der Waals surface area contributed by atoms with Crippen molar-refractivity contribution in [3.63, 3.8) is 0 Å². The van der Waals surface area contributed by atoms with Crippen molar-refractivity contribution in [1.29, 1.82) is 0 Å². The monoisotopic (exact) mass is 261 g/mol. The summed E-state index contributed by atoms with van der Waals surface area (Å²) in [6.45, 7) is 4.48. The van der Waals surface area contributed by atoms with Gasteiger partial charge in [-0.2, -0.15) is 0 Å². The second-order valence-electron chi connectivity index (χ2n) is 4.67. The van der Waals surface area contributed by atoms with Crippen molar-refractivity contribution in [2.45, 2.75) is 38.8 Å². The Labute approximate surface area is 107 Å². The molecule has 1 unspecified atom stereocenters. The first kappa shape index (κ1) is 16.7. The van der Waals surface area contributed by atoms with Crippen molar-refractivity contribution in [2.24, 2.45) is 11.7 Å². The van der Waals surface area contributed by atoms with Crippen LogP contribution >= 0.6 is 0 Å². The third-order valence-corrected chi connectivity index (χ3v) is 2.92. The third-order valence-electron chi connectivity index (χ3n) is 2.92. The molecule has 106 valence electrons. The van der Waals surface area contributed by atoms with Gasteiger partial charge in [0, 0.05) is 0 Å². The molecule has 6 N–H and O–H groups in total. The van der Waals surface area contributed by atoms with Gasteiger partial charge in [0.25, 0.3) is 0 Å². The maximum Gasteiger partial charge on any atom is 0.312 e. The first-order valence-corrected chi connectivity index (χ1v) is 5.91. The van der Waals surface area contributed by atoms with Crippen LogP contribution in [-0.4, -0.2) is 46.9 Å². The van der Waals surface area contributed by atoms with Gasteiger partial charge >= 0.3 is 6.03 Å². The molecule has 0 aromatic rings. The Morgan fingerprint density at radius 1 is 1.28 bits per heavy atom. The molecule has 0 aromatic heterocycles. The number of nitrogens with two attached hydrogens (primary N) is 1. The molecule has 3 amide bonds. The maximum absolute atomic E-state index is 12.0. The number of urea groups is 1. The molecule has 0 spiro atoms. The van der Waals surface area contributed by atoms with Crippen LogP contribution in [0.15, 0.2) is 0 Å². The van der Waals surface area contributed by atoms with Gasteiger partial charge in [0.15, 0.2) is 0 Å². The van der Waals surface area contributed by atoms with Gasteiger partial charge in [0.05, 0.1) is 18.8 Å². The van der Waals surface area contributed by atoms with E-state index in [4.69, 9.17) is 5.73 Å². The summed E-state index contributed by atoms with van der Waals surface area (Å²) >= 11 is 0. The number of aliphatic hydroxyl groups is 2. The third kappa shape index (κ3) is 4.50. The van der Waals surface area contributed by atoms with E-state index >= 15 is 0 Å². The highest BCUT2D eigenvalue weighted by atomic mass is 16.3. The van der Waals surface area contributed by atoms with Gasteiger partial charge in [0.2, 0.25) is 5.91 Å². The van der Waals surface area contributed by atoms with Gasteiger partial charge in [-0.1, -0.05) is 20.8 Å². The van der Waals surface area contributed by atoms with E-state index in [0.717, 1.165) is 0 Å². The Bertz CT molecular complexity index is 282. The van der Waals surface area contributed by atoms with E-state index in [0.29, 0.717) is 6.42 Å². The fourth-order valence-corrected chi connectivity index (χ4v) is 1.47. The van der Waals surface area contributed by atoms with E-state index in [1.165, 1.54) is 0 Å². The molecule has 0 radical (unpaired) electrons. The van der Waals surface area contributed by atoms with Gasteiger partial charge in [0.1, 0.15) is 6.04 Å². The second kappa shape index (κ2) is 7.17. The number of nitrogens with one attached hydrogen (secondary N) is 2. The maximum atomic E-state index is 12.0. The number of amides is 3. The zero-order valence-electron chi connectivity index (χ0n) is 11.1. The van der Waals surface area contributed by atoms with Crippen molar-refractivity contribution >= 4 is 11.9 Å². The second-order valence-corrected chi connectivity index (χ2v) is 4.67. The molecule has 0 aromatic carbocycles. The van der Waals surface area contributed by atoms with Gasteiger partial charge in [-0.15, -0.1) is 0 Å². The van der Waals surface area contributed by atoms with E-state index in [1.54, 1.807) is 20.8 Å². The molecule has 0 aliphatic carbocycles. The summed E-state index contributed by atoms with van der Waals surface area (Å²) < 4.78 is 0. The summed E-state index contributed by atoms with van der Waals surface area (Å²) in [6.07, 6.45) is 0.368. The number of primary amides is 1. The highest BCUT2D eigenvalue weighted by Crippen LogP contribution is 2.10. The Morgan fingerprint density at radius 3 is 2.06 bits per heavy atom. The number of carbonyl (C=O) groups excluding carboxylic acids is 2. The van der Waals surface area contributed by atoms with Crippen molar-refractivity contribution in [3.8, 4) is 0 Å². The lowest BCUT2D eigenvalue weighted by atomic mass is 9.96. The predicted octanol–water partition coefficient (Wildman–Crippen LogP) is -1.07. The van der Waals surface area contributed by atoms with Crippen molar-refractivity contribution in [1.82, 2.24) is 10.6 Å². The van der Waals surface area contributed by atoms with Crippen LogP contribution in [0.1, 0.15) is 27.2 Å². The molecule has 0 heterocycles. The average Bonchev–Trinajstić information content (AvgIpc) is 2.32. The Morgan fingerprint density at radius 2 is 1.78 bits per heavy atom. The van der Waals surface area contributed by atoms with E-state index < -0.39 is 23.5 Å². The minimum atomic E-state index is -1.08. The Balaban J connectivity index is 4.83. The van der Waals surface area contributed by atoms with Crippen LogP contribution in [0.2, 0.25) is 0 Å². The molecular formula is C11H23N3O4. The van der Waals surface area contributed by atoms with Gasteiger partial charge < -0.3 is 26.6 Å². The van der Waals surface area contributed by atoms with Gasteiger partial charge in [-0.05, 0) is 12.3 Å². The molecule has 7 nitrogen and oxygen atoms in total. The summed E-state index contributed by atoms with van der Waals surface area (Å²) in [5, 5.41) is 23.4. The van der Waals surface area contributed by atoms with E-state index in [2.05, 4.69) is 10.6 Å². The molecule has 0 saturated carbocycles. The van der Waals surface area contributed by atoms with E-state index in [1.807, 2.05) is 0 Å². The quantitative estimate of drug-likeness (QED) is 0.400. The first-order valence-electron chi connectivity index (χ1n) is 5.91. The number of carbonyl (C=O) groups is 2. The summed E-state index contributed by atoms with van der Waals surface area (Å²) in [5.74, 6) is -0.641. The summed E-state index contributed by atoms with van der Waals surface area (Å²) in [5.41, 5.74) is 3.92. The molecule has 0 aliphatic heterocycles. The molecule has 0 rings (SSSR count). The molecule has 0 bridgehead atoms. The fourth-order valence-electron chi connectivity index (χ4n) is 1.47. The highest BCUT2D eigenvalue weighted by molar-refractivity contribution is 5.87. The standard InChI is InChI=1S/C11H23N3O4/c1-4-11(5-15,6-16)14-9(17)8(7(2)3)13-10(12)18/h7-8,15-16H,4-6H2,1-3H3,(H,14,17)(H3,12,13,18). The van der Waals surface area contributed by atoms with Crippen LogP contribution in [0.4, 0.5) is 4.79 Å². The zero-order valence-corrected chi connectivity index (χ0v) is 11.1. The normalized spacial score (nSPS) is 13.2. The number of aliphatic hydroxyl groups excluding tert-OH is 2. The number of hydrogen-bond donors (Lipinski definition) is 5. The lowest BCUT2D eigenvalue weighted by Crippen LogP contribution is -2.60. The minimum Gasteiger partial charge on any atom is -0.394 e. The van der Waals surface area contributed by atoms with Crippen LogP contribution in [0.3, 0.4) is 0 Å². The number of rotatable bonds is 7. The number of hydrogen-bond acceptors (Lipinski definition) is 4. The van der Waals surface area contributed by atoms with Crippen LogP contribution in [-0.2, 0) is 4.79 Å². The largest absolute Gasteiger partial charge is 0.394 e. The SMILES string of the molecule is CCC(CO)(CO)NC(=O)C(NC(N)=O)C(C)C. The van der Waals surface area contributed by atoms with Crippen LogP contribution in [0, 0.1) is 5.92 Å². The molecule has 0 saturated heterocycles. The first-order chi connectivity index (χ1) is 8.31.